The topological polar surface area (TPSA) is 49.3 Å². The van der Waals surface area contributed by atoms with Crippen molar-refractivity contribution in [2.24, 2.45) is 0 Å². The second kappa shape index (κ2) is 6.75. The number of hydrogen-bond acceptors (Lipinski definition) is 2. The molecule has 0 spiro atoms. The first-order valence-electron chi connectivity index (χ1n) is 7.85. The van der Waals surface area contributed by atoms with Gasteiger partial charge in [-0.25, -0.2) is 0 Å². The lowest BCUT2D eigenvalue weighted by atomic mass is 9.90. The number of amides is 1. The number of carbonyl (C=O) groups excluding carboxylic acids is 1. The average Bonchev–Trinajstić information content (AvgIpc) is 2.59. The lowest BCUT2D eigenvalue weighted by Crippen LogP contribution is -2.23. The monoisotopic (exact) mass is 295 g/mol. The largest absolute Gasteiger partial charge is 0.392 e. The number of aryl methyl sites for hydroxylation is 2. The molecular formula is C19H21NO2. The average molecular weight is 295 g/mol. The molecule has 0 atom stereocenters. The number of aliphatic hydroxyl groups excluding tert-OH is 1. The van der Waals surface area contributed by atoms with Crippen LogP contribution >= 0.6 is 0 Å². The molecule has 0 saturated carbocycles. The van der Waals surface area contributed by atoms with Crippen LogP contribution in [0.25, 0.3) is 0 Å². The van der Waals surface area contributed by atoms with Crippen molar-refractivity contribution in [3.8, 4) is 0 Å². The molecule has 0 fully saturated rings. The van der Waals surface area contributed by atoms with Gasteiger partial charge < -0.3 is 10.4 Å². The van der Waals surface area contributed by atoms with Crippen LogP contribution < -0.4 is 5.32 Å². The summed E-state index contributed by atoms with van der Waals surface area (Å²) in [7, 11) is 0. The number of hydrogen-bond donors (Lipinski definition) is 2. The first kappa shape index (κ1) is 14.8. The molecule has 2 aromatic carbocycles. The number of fused-ring (bicyclic) bond motifs is 1. The third kappa shape index (κ3) is 3.20. The first-order chi connectivity index (χ1) is 10.8. The molecule has 0 aliphatic heterocycles. The fourth-order valence-corrected chi connectivity index (χ4v) is 3.04. The molecule has 1 aliphatic rings. The molecule has 114 valence electrons. The van der Waals surface area contributed by atoms with Crippen LogP contribution in [0.5, 0.6) is 0 Å². The van der Waals surface area contributed by atoms with E-state index in [1.165, 1.54) is 24.0 Å². The molecule has 2 N–H and O–H groups in total. The van der Waals surface area contributed by atoms with E-state index in [4.69, 9.17) is 0 Å². The van der Waals surface area contributed by atoms with Gasteiger partial charge in [0.2, 0.25) is 0 Å². The summed E-state index contributed by atoms with van der Waals surface area (Å²) in [6, 6.07) is 13.6. The van der Waals surface area contributed by atoms with Crippen LogP contribution in [-0.2, 0) is 26.0 Å². The molecule has 0 bridgehead atoms. The van der Waals surface area contributed by atoms with E-state index in [1.807, 2.05) is 36.4 Å². The Morgan fingerprint density at radius 2 is 1.73 bits per heavy atom. The van der Waals surface area contributed by atoms with Gasteiger partial charge in [-0.05, 0) is 60.1 Å². The standard InChI is InChI=1S/C19H21NO2/c21-13-18-8-4-3-7-17(18)12-20-19(22)16-10-9-14-5-1-2-6-15(14)11-16/h3-4,7-11,21H,1-2,5-6,12-13H2,(H,20,22). The van der Waals surface area contributed by atoms with Gasteiger partial charge in [-0.2, -0.15) is 0 Å². The fraction of sp³-hybridized carbons (Fsp3) is 0.316. The van der Waals surface area contributed by atoms with Crippen molar-refractivity contribution in [2.75, 3.05) is 0 Å². The van der Waals surface area contributed by atoms with Gasteiger partial charge >= 0.3 is 0 Å². The molecule has 1 amide bonds. The van der Waals surface area contributed by atoms with E-state index in [2.05, 4.69) is 11.4 Å². The zero-order valence-electron chi connectivity index (χ0n) is 12.6. The van der Waals surface area contributed by atoms with Gasteiger partial charge in [0.15, 0.2) is 0 Å². The molecule has 0 saturated heterocycles. The number of aliphatic hydroxyl groups is 1. The minimum atomic E-state index is -0.0545. The smallest absolute Gasteiger partial charge is 0.251 e. The Balaban J connectivity index is 1.69. The predicted octanol–water partition coefficient (Wildman–Crippen LogP) is 2.99. The van der Waals surface area contributed by atoms with Crippen LogP contribution in [0.1, 0.15) is 45.5 Å². The summed E-state index contributed by atoms with van der Waals surface area (Å²) in [6.07, 6.45) is 4.66. The minimum absolute atomic E-state index is 0.00904. The van der Waals surface area contributed by atoms with Crippen molar-refractivity contribution in [1.29, 1.82) is 0 Å². The quantitative estimate of drug-likeness (QED) is 0.911. The van der Waals surface area contributed by atoms with Crippen molar-refractivity contribution >= 4 is 5.91 Å². The highest BCUT2D eigenvalue weighted by Crippen LogP contribution is 2.22. The van der Waals surface area contributed by atoms with E-state index in [-0.39, 0.29) is 12.5 Å². The summed E-state index contributed by atoms with van der Waals surface area (Å²) in [5.74, 6) is -0.0545. The first-order valence-corrected chi connectivity index (χ1v) is 7.85. The van der Waals surface area contributed by atoms with E-state index in [0.717, 1.165) is 29.5 Å². The van der Waals surface area contributed by atoms with Crippen LogP contribution in [0, 0.1) is 0 Å². The molecule has 2 aromatic rings. The summed E-state index contributed by atoms with van der Waals surface area (Å²) < 4.78 is 0. The zero-order chi connectivity index (χ0) is 15.4. The fourth-order valence-electron chi connectivity index (χ4n) is 3.04. The SMILES string of the molecule is O=C(NCc1ccccc1CO)c1ccc2c(c1)CCCC2. The molecule has 22 heavy (non-hydrogen) atoms. The van der Waals surface area contributed by atoms with Gasteiger partial charge in [0, 0.05) is 12.1 Å². The van der Waals surface area contributed by atoms with E-state index in [1.54, 1.807) is 0 Å². The van der Waals surface area contributed by atoms with Gasteiger partial charge in [-0.15, -0.1) is 0 Å². The summed E-state index contributed by atoms with van der Waals surface area (Å²) in [5.41, 5.74) is 5.23. The van der Waals surface area contributed by atoms with E-state index < -0.39 is 0 Å². The van der Waals surface area contributed by atoms with Crippen molar-refractivity contribution in [1.82, 2.24) is 5.32 Å². The highest BCUT2D eigenvalue weighted by Gasteiger charge is 2.13. The highest BCUT2D eigenvalue weighted by molar-refractivity contribution is 5.94. The van der Waals surface area contributed by atoms with Crippen molar-refractivity contribution in [2.45, 2.75) is 38.8 Å². The van der Waals surface area contributed by atoms with Crippen molar-refractivity contribution in [3.05, 3.63) is 70.3 Å². The second-order valence-corrected chi connectivity index (χ2v) is 5.80. The number of carbonyl (C=O) groups is 1. The van der Waals surface area contributed by atoms with E-state index in [9.17, 15) is 9.90 Å². The van der Waals surface area contributed by atoms with Crippen molar-refractivity contribution in [3.63, 3.8) is 0 Å². The lowest BCUT2D eigenvalue weighted by molar-refractivity contribution is 0.0950. The molecule has 3 heteroatoms. The van der Waals surface area contributed by atoms with Crippen LogP contribution in [0.2, 0.25) is 0 Å². The number of rotatable bonds is 4. The summed E-state index contributed by atoms with van der Waals surface area (Å²) >= 11 is 0. The van der Waals surface area contributed by atoms with Gasteiger partial charge in [-0.3, -0.25) is 4.79 Å². The van der Waals surface area contributed by atoms with Gasteiger partial charge in [0.25, 0.3) is 5.91 Å². The zero-order valence-corrected chi connectivity index (χ0v) is 12.6. The van der Waals surface area contributed by atoms with Gasteiger partial charge in [-0.1, -0.05) is 30.3 Å². The summed E-state index contributed by atoms with van der Waals surface area (Å²) in [4.78, 5) is 12.3. The molecule has 0 radical (unpaired) electrons. The van der Waals surface area contributed by atoms with E-state index >= 15 is 0 Å². The number of benzene rings is 2. The van der Waals surface area contributed by atoms with Crippen LogP contribution in [0.4, 0.5) is 0 Å². The normalized spacial score (nSPS) is 13.5. The predicted molar refractivity (Wildman–Crippen MR) is 86.6 cm³/mol. The molecule has 0 heterocycles. The molecule has 3 rings (SSSR count). The van der Waals surface area contributed by atoms with Crippen molar-refractivity contribution < 1.29 is 9.90 Å². The molecule has 0 unspecified atom stereocenters. The van der Waals surface area contributed by atoms with Crippen LogP contribution in [-0.4, -0.2) is 11.0 Å². The molecule has 1 aliphatic carbocycles. The lowest BCUT2D eigenvalue weighted by Gasteiger charge is -2.16. The maximum atomic E-state index is 12.3. The highest BCUT2D eigenvalue weighted by atomic mass is 16.3. The Bertz CT molecular complexity index is 679. The van der Waals surface area contributed by atoms with Gasteiger partial charge in [0.1, 0.15) is 0 Å². The molecule has 3 nitrogen and oxygen atoms in total. The van der Waals surface area contributed by atoms with Crippen LogP contribution in [0.3, 0.4) is 0 Å². The Kier molecular flexibility index (Phi) is 4.54. The third-order valence-corrected chi connectivity index (χ3v) is 4.34. The second-order valence-electron chi connectivity index (χ2n) is 5.80. The molecule has 0 aromatic heterocycles. The Labute approximate surface area is 131 Å². The Hall–Kier alpha value is -2.13. The summed E-state index contributed by atoms with van der Waals surface area (Å²) in [6.45, 7) is 0.428. The minimum Gasteiger partial charge on any atom is -0.392 e. The third-order valence-electron chi connectivity index (χ3n) is 4.34. The van der Waals surface area contributed by atoms with Crippen LogP contribution in [0.15, 0.2) is 42.5 Å². The summed E-state index contributed by atoms with van der Waals surface area (Å²) in [5, 5.41) is 12.3. The van der Waals surface area contributed by atoms with Gasteiger partial charge in [0.05, 0.1) is 6.61 Å². The van der Waals surface area contributed by atoms with E-state index in [0.29, 0.717) is 6.54 Å². The Morgan fingerprint density at radius 1 is 1.00 bits per heavy atom. The maximum absolute atomic E-state index is 12.3. The number of nitrogens with one attached hydrogen (secondary N) is 1. The Morgan fingerprint density at radius 3 is 2.50 bits per heavy atom. The molecular weight excluding hydrogens is 274 g/mol. The maximum Gasteiger partial charge on any atom is 0.251 e.